The Bertz CT molecular complexity index is 366. The second kappa shape index (κ2) is 6.29. The van der Waals surface area contributed by atoms with E-state index in [9.17, 15) is 0 Å². The second-order valence-corrected chi connectivity index (χ2v) is 5.31. The van der Waals surface area contributed by atoms with Crippen molar-refractivity contribution in [2.45, 2.75) is 64.6 Å². The van der Waals surface area contributed by atoms with E-state index in [1.54, 1.807) is 0 Å². The molecule has 2 unspecified atom stereocenters. The molecule has 0 aromatic carbocycles. The molecular formula is C13H24N4O. The average molecular weight is 252 g/mol. The SMILES string of the molecule is CCCCc1noc(CN2CCC(N)CC2C)n1. The zero-order valence-electron chi connectivity index (χ0n) is 11.4. The highest BCUT2D eigenvalue weighted by Crippen LogP contribution is 2.18. The Kier molecular flexibility index (Phi) is 4.72. The predicted octanol–water partition coefficient (Wildman–Crippen LogP) is 1.72. The number of hydrogen-bond acceptors (Lipinski definition) is 5. The van der Waals surface area contributed by atoms with Crippen molar-refractivity contribution in [2.24, 2.45) is 5.73 Å². The van der Waals surface area contributed by atoms with E-state index < -0.39 is 0 Å². The average Bonchev–Trinajstić information content (AvgIpc) is 2.78. The molecule has 0 saturated carbocycles. The van der Waals surface area contributed by atoms with Crippen molar-refractivity contribution >= 4 is 0 Å². The minimum Gasteiger partial charge on any atom is -0.338 e. The quantitative estimate of drug-likeness (QED) is 0.864. The fourth-order valence-electron chi connectivity index (χ4n) is 2.46. The monoisotopic (exact) mass is 252 g/mol. The zero-order chi connectivity index (χ0) is 13.0. The summed E-state index contributed by atoms with van der Waals surface area (Å²) in [5.41, 5.74) is 5.96. The molecule has 5 heteroatoms. The molecule has 1 fully saturated rings. The van der Waals surface area contributed by atoms with Gasteiger partial charge in [-0.05, 0) is 26.2 Å². The Labute approximate surface area is 109 Å². The third-order valence-corrected chi connectivity index (χ3v) is 3.66. The summed E-state index contributed by atoms with van der Waals surface area (Å²) in [6.45, 7) is 6.16. The standard InChI is InChI=1S/C13H24N4O/c1-3-4-5-12-15-13(18-16-12)9-17-7-6-11(14)8-10(17)2/h10-11H,3-9,14H2,1-2H3. The van der Waals surface area contributed by atoms with Crippen molar-refractivity contribution < 1.29 is 4.52 Å². The molecule has 2 heterocycles. The van der Waals surface area contributed by atoms with E-state index in [0.29, 0.717) is 12.1 Å². The number of hydrogen-bond donors (Lipinski definition) is 1. The van der Waals surface area contributed by atoms with Crippen LogP contribution in [0.1, 0.15) is 51.2 Å². The lowest BCUT2D eigenvalue weighted by atomic mass is 9.99. The van der Waals surface area contributed by atoms with Crippen molar-refractivity contribution in [1.29, 1.82) is 0 Å². The van der Waals surface area contributed by atoms with Crippen LogP contribution in [-0.4, -0.2) is 33.7 Å². The van der Waals surface area contributed by atoms with Gasteiger partial charge in [-0.25, -0.2) is 0 Å². The summed E-state index contributed by atoms with van der Waals surface area (Å²) in [5.74, 6) is 1.58. The summed E-state index contributed by atoms with van der Waals surface area (Å²) < 4.78 is 5.31. The lowest BCUT2D eigenvalue weighted by Crippen LogP contribution is -2.45. The minimum absolute atomic E-state index is 0.346. The van der Waals surface area contributed by atoms with Gasteiger partial charge in [0, 0.05) is 25.0 Å². The molecule has 1 saturated heterocycles. The third kappa shape index (κ3) is 3.53. The van der Waals surface area contributed by atoms with E-state index >= 15 is 0 Å². The van der Waals surface area contributed by atoms with Crippen LogP contribution in [0.4, 0.5) is 0 Å². The Hall–Kier alpha value is -0.940. The van der Waals surface area contributed by atoms with Crippen LogP contribution in [0.15, 0.2) is 4.52 Å². The Morgan fingerprint density at radius 1 is 1.50 bits per heavy atom. The van der Waals surface area contributed by atoms with Gasteiger partial charge in [0.05, 0.1) is 6.54 Å². The van der Waals surface area contributed by atoms with Gasteiger partial charge in [0.25, 0.3) is 0 Å². The van der Waals surface area contributed by atoms with Crippen LogP contribution >= 0.6 is 0 Å². The number of unbranched alkanes of at least 4 members (excludes halogenated alkanes) is 1. The van der Waals surface area contributed by atoms with Gasteiger partial charge in [-0.1, -0.05) is 18.5 Å². The van der Waals surface area contributed by atoms with E-state index in [0.717, 1.165) is 56.9 Å². The topological polar surface area (TPSA) is 68.2 Å². The molecule has 18 heavy (non-hydrogen) atoms. The van der Waals surface area contributed by atoms with Crippen molar-refractivity contribution in [3.63, 3.8) is 0 Å². The van der Waals surface area contributed by atoms with E-state index in [-0.39, 0.29) is 0 Å². The van der Waals surface area contributed by atoms with Crippen molar-refractivity contribution in [3.8, 4) is 0 Å². The van der Waals surface area contributed by atoms with Gasteiger partial charge in [-0.2, -0.15) is 4.98 Å². The van der Waals surface area contributed by atoms with Gasteiger partial charge < -0.3 is 10.3 Å². The van der Waals surface area contributed by atoms with E-state index in [1.165, 1.54) is 0 Å². The molecule has 1 aliphatic rings. The van der Waals surface area contributed by atoms with Gasteiger partial charge in [-0.15, -0.1) is 0 Å². The number of nitrogens with two attached hydrogens (primary N) is 1. The van der Waals surface area contributed by atoms with Crippen LogP contribution in [0, 0.1) is 0 Å². The normalized spacial score (nSPS) is 25.5. The van der Waals surface area contributed by atoms with Gasteiger partial charge >= 0.3 is 0 Å². The molecule has 0 amide bonds. The van der Waals surface area contributed by atoms with Crippen LogP contribution in [0.2, 0.25) is 0 Å². The summed E-state index contributed by atoms with van der Waals surface area (Å²) in [4.78, 5) is 6.82. The maximum absolute atomic E-state index is 5.96. The van der Waals surface area contributed by atoms with Crippen LogP contribution in [0.5, 0.6) is 0 Å². The molecule has 2 rings (SSSR count). The predicted molar refractivity (Wildman–Crippen MR) is 70.0 cm³/mol. The highest BCUT2D eigenvalue weighted by Gasteiger charge is 2.24. The first kappa shape index (κ1) is 13.5. The molecular weight excluding hydrogens is 228 g/mol. The van der Waals surface area contributed by atoms with Crippen LogP contribution in [0.25, 0.3) is 0 Å². The molecule has 102 valence electrons. The number of piperidine rings is 1. The van der Waals surface area contributed by atoms with Crippen molar-refractivity contribution in [3.05, 3.63) is 11.7 Å². The van der Waals surface area contributed by atoms with Gasteiger partial charge in [0.1, 0.15) is 0 Å². The summed E-state index contributed by atoms with van der Waals surface area (Å²) in [7, 11) is 0. The van der Waals surface area contributed by atoms with Crippen LogP contribution < -0.4 is 5.73 Å². The third-order valence-electron chi connectivity index (χ3n) is 3.66. The molecule has 1 aromatic rings. The fraction of sp³-hybridized carbons (Fsp3) is 0.846. The number of rotatable bonds is 5. The molecule has 2 atom stereocenters. The first-order chi connectivity index (χ1) is 8.69. The lowest BCUT2D eigenvalue weighted by molar-refractivity contribution is 0.124. The molecule has 0 radical (unpaired) electrons. The van der Waals surface area contributed by atoms with Gasteiger partial charge in [-0.3, -0.25) is 4.90 Å². The molecule has 5 nitrogen and oxygen atoms in total. The molecule has 0 aliphatic carbocycles. The first-order valence-corrected chi connectivity index (χ1v) is 7.00. The fourth-order valence-corrected chi connectivity index (χ4v) is 2.46. The van der Waals surface area contributed by atoms with Crippen LogP contribution in [0.3, 0.4) is 0 Å². The van der Waals surface area contributed by atoms with Gasteiger partial charge in [0.2, 0.25) is 5.89 Å². The second-order valence-electron chi connectivity index (χ2n) is 5.31. The zero-order valence-corrected chi connectivity index (χ0v) is 11.4. The number of aromatic nitrogens is 2. The minimum atomic E-state index is 0.346. The molecule has 1 aromatic heterocycles. The maximum Gasteiger partial charge on any atom is 0.240 e. The van der Waals surface area contributed by atoms with Crippen LogP contribution in [-0.2, 0) is 13.0 Å². The maximum atomic E-state index is 5.96. The molecule has 1 aliphatic heterocycles. The first-order valence-electron chi connectivity index (χ1n) is 7.00. The van der Waals surface area contributed by atoms with Crippen molar-refractivity contribution in [2.75, 3.05) is 6.54 Å². The smallest absolute Gasteiger partial charge is 0.240 e. The largest absolute Gasteiger partial charge is 0.338 e. The summed E-state index contributed by atoms with van der Waals surface area (Å²) in [6.07, 6.45) is 5.30. The Morgan fingerprint density at radius 2 is 2.33 bits per heavy atom. The summed E-state index contributed by atoms with van der Waals surface area (Å²) in [5, 5.41) is 4.02. The highest BCUT2D eigenvalue weighted by atomic mass is 16.5. The number of aryl methyl sites for hydroxylation is 1. The number of nitrogens with zero attached hydrogens (tertiary/aromatic N) is 3. The Balaban J connectivity index is 1.87. The van der Waals surface area contributed by atoms with E-state index in [2.05, 4.69) is 28.9 Å². The van der Waals surface area contributed by atoms with E-state index in [1.807, 2.05) is 0 Å². The Morgan fingerprint density at radius 3 is 3.06 bits per heavy atom. The number of likely N-dealkylation sites (tertiary alicyclic amines) is 1. The van der Waals surface area contributed by atoms with E-state index in [4.69, 9.17) is 10.3 Å². The van der Waals surface area contributed by atoms with Gasteiger partial charge in [0.15, 0.2) is 5.82 Å². The highest BCUT2D eigenvalue weighted by molar-refractivity contribution is 4.89. The molecule has 0 bridgehead atoms. The summed E-state index contributed by atoms with van der Waals surface area (Å²) >= 11 is 0. The van der Waals surface area contributed by atoms with Crippen molar-refractivity contribution in [1.82, 2.24) is 15.0 Å². The molecule has 2 N–H and O–H groups in total. The molecule has 0 spiro atoms. The summed E-state index contributed by atoms with van der Waals surface area (Å²) in [6, 6.07) is 0.846. The lowest BCUT2D eigenvalue weighted by Gasteiger charge is -2.35.